The topological polar surface area (TPSA) is 62.3 Å². The van der Waals surface area contributed by atoms with Crippen LogP contribution in [0.4, 0.5) is 0 Å². The van der Waals surface area contributed by atoms with E-state index in [0.717, 1.165) is 43.8 Å². The van der Waals surface area contributed by atoms with Gasteiger partial charge >= 0.3 is 0 Å². The number of nitrogens with zero attached hydrogens (tertiary/aromatic N) is 2. The number of thioether (sulfide) groups is 1. The standard InChI is InChI=1S/C20H31N3O2S/c1-2-3-4-6-12-22-20(25)17-9-8-13-23(14-17)19(24)16-26-15-18-10-5-7-11-21-18/h5,7,10-11,17H,2-4,6,8-9,12-16H2,1H3,(H,22,25). The molecule has 0 radical (unpaired) electrons. The number of unbranched alkanes of at least 4 members (excludes halogenated alkanes) is 3. The first-order chi connectivity index (χ1) is 12.7. The van der Waals surface area contributed by atoms with Gasteiger partial charge in [0.2, 0.25) is 11.8 Å². The highest BCUT2D eigenvalue weighted by Gasteiger charge is 2.27. The van der Waals surface area contributed by atoms with Crippen molar-refractivity contribution in [3.8, 4) is 0 Å². The summed E-state index contributed by atoms with van der Waals surface area (Å²) in [6, 6.07) is 5.82. The molecule has 1 atom stereocenters. The van der Waals surface area contributed by atoms with Crippen molar-refractivity contribution in [1.29, 1.82) is 0 Å². The summed E-state index contributed by atoms with van der Waals surface area (Å²) < 4.78 is 0. The predicted octanol–water partition coefficient (Wildman–Crippen LogP) is 3.25. The summed E-state index contributed by atoms with van der Waals surface area (Å²) in [4.78, 5) is 30.9. The number of amides is 2. The fourth-order valence-corrected chi connectivity index (χ4v) is 3.98. The zero-order valence-electron chi connectivity index (χ0n) is 15.8. The lowest BCUT2D eigenvalue weighted by Crippen LogP contribution is -2.46. The van der Waals surface area contributed by atoms with Crippen LogP contribution >= 0.6 is 11.8 Å². The lowest BCUT2D eigenvalue weighted by atomic mass is 9.97. The van der Waals surface area contributed by atoms with E-state index in [1.54, 1.807) is 18.0 Å². The van der Waals surface area contributed by atoms with E-state index in [1.165, 1.54) is 19.3 Å². The second-order valence-electron chi connectivity index (χ2n) is 6.84. The summed E-state index contributed by atoms with van der Waals surface area (Å²) in [5, 5.41) is 3.05. The first-order valence-electron chi connectivity index (χ1n) is 9.74. The third-order valence-electron chi connectivity index (χ3n) is 4.68. The number of nitrogens with one attached hydrogen (secondary N) is 1. The molecular weight excluding hydrogens is 346 g/mol. The quantitative estimate of drug-likeness (QED) is 0.636. The minimum atomic E-state index is -0.0559. The Labute approximate surface area is 161 Å². The van der Waals surface area contributed by atoms with Crippen LogP contribution in [0.15, 0.2) is 24.4 Å². The molecule has 0 saturated carbocycles. The van der Waals surface area contributed by atoms with Crippen molar-refractivity contribution < 1.29 is 9.59 Å². The molecule has 5 nitrogen and oxygen atoms in total. The Bertz CT molecular complexity index is 553. The molecule has 0 bridgehead atoms. The smallest absolute Gasteiger partial charge is 0.232 e. The second-order valence-corrected chi connectivity index (χ2v) is 7.83. The third-order valence-corrected chi connectivity index (χ3v) is 5.63. The normalized spacial score (nSPS) is 17.1. The minimum absolute atomic E-state index is 0.0559. The Hall–Kier alpha value is -1.56. The number of pyridine rings is 1. The van der Waals surface area contributed by atoms with Crippen molar-refractivity contribution in [3.05, 3.63) is 30.1 Å². The highest BCUT2D eigenvalue weighted by Crippen LogP contribution is 2.19. The van der Waals surface area contributed by atoms with E-state index < -0.39 is 0 Å². The number of hydrogen-bond donors (Lipinski definition) is 1. The van der Waals surface area contributed by atoms with Crippen molar-refractivity contribution in [2.45, 2.75) is 51.2 Å². The average molecular weight is 378 g/mol. The minimum Gasteiger partial charge on any atom is -0.356 e. The van der Waals surface area contributed by atoms with Crippen LogP contribution in [0, 0.1) is 5.92 Å². The van der Waals surface area contributed by atoms with Crippen molar-refractivity contribution >= 4 is 23.6 Å². The molecule has 26 heavy (non-hydrogen) atoms. The van der Waals surface area contributed by atoms with Crippen LogP contribution in [0.1, 0.15) is 51.1 Å². The van der Waals surface area contributed by atoms with Gasteiger partial charge in [-0.15, -0.1) is 11.8 Å². The summed E-state index contributed by atoms with van der Waals surface area (Å²) in [5.74, 6) is 1.37. The number of carbonyl (C=O) groups is 2. The maximum Gasteiger partial charge on any atom is 0.232 e. The highest BCUT2D eigenvalue weighted by atomic mass is 32.2. The first-order valence-corrected chi connectivity index (χ1v) is 10.9. The molecule has 0 spiro atoms. The van der Waals surface area contributed by atoms with Crippen LogP contribution < -0.4 is 5.32 Å². The predicted molar refractivity (Wildman–Crippen MR) is 107 cm³/mol. The van der Waals surface area contributed by atoms with Gasteiger partial charge in [-0.1, -0.05) is 32.3 Å². The summed E-state index contributed by atoms with van der Waals surface area (Å²) in [5.41, 5.74) is 0.990. The molecule has 1 aliphatic heterocycles. The van der Waals surface area contributed by atoms with Crippen LogP contribution in [0.3, 0.4) is 0 Å². The van der Waals surface area contributed by atoms with Gasteiger partial charge in [0.25, 0.3) is 0 Å². The first kappa shape index (κ1) is 20.7. The van der Waals surface area contributed by atoms with E-state index in [4.69, 9.17) is 0 Å². The highest BCUT2D eigenvalue weighted by molar-refractivity contribution is 7.99. The SMILES string of the molecule is CCCCCCNC(=O)C1CCCN(C(=O)CSCc2ccccn2)C1. The van der Waals surface area contributed by atoms with E-state index in [1.807, 2.05) is 23.1 Å². The van der Waals surface area contributed by atoms with Gasteiger partial charge in [0.15, 0.2) is 0 Å². The molecule has 0 aromatic carbocycles. The van der Waals surface area contributed by atoms with Crippen molar-refractivity contribution in [2.75, 3.05) is 25.4 Å². The molecule has 144 valence electrons. The number of piperidine rings is 1. The molecule has 0 aliphatic carbocycles. The van der Waals surface area contributed by atoms with Crippen molar-refractivity contribution in [3.63, 3.8) is 0 Å². The second kappa shape index (κ2) is 11.9. The van der Waals surface area contributed by atoms with Gasteiger partial charge in [-0.2, -0.15) is 0 Å². The molecule has 1 fully saturated rings. The fourth-order valence-electron chi connectivity index (χ4n) is 3.14. The van der Waals surface area contributed by atoms with Crippen LogP contribution in [-0.2, 0) is 15.3 Å². The lowest BCUT2D eigenvalue weighted by molar-refractivity contribution is -0.133. The average Bonchev–Trinajstić information content (AvgIpc) is 2.68. The summed E-state index contributed by atoms with van der Waals surface area (Å²) >= 11 is 1.58. The summed E-state index contributed by atoms with van der Waals surface area (Å²) in [6.07, 6.45) is 8.19. The molecule has 1 aromatic heterocycles. The number of hydrogen-bond acceptors (Lipinski definition) is 4. The molecule has 2 heterocycles. The summed E-state index contributed by atoms with van der Waals surface area (Å²) in [7, 11) is 0. The molecule has 1 N–H and O–H groups in total. The monoisotopic (exact) mass is 377 g/mol. The van der Waals surface area contributed by atoms with E-state index in [0.29, 0.717) is 12.3 Å². The van der Waals surface area contributed by atoms with Gasteiger partial charge in [-0.05, 0) is 31.4 Å². The Morgan fingerprint density at radius 3 is 2.96 bits per heavy atom. The maximum atomic E-state index is 12.4. The molecule has 6 heteroatoms. The van der Waals surface area contributed by atoms with Crippen LogP contribution in [0.25, 0.3) is 0 Å². The van der Waals surface area contributed by atoms with E-state index in [2.05, 4.69) is 17.2 Å². The molecular formula is C20H31N3O2S. The lowest BCUT2D eigenvalue weighted by Gasteiger charge is -2.32. The Kier molecular flexibility index (Phi) is 9.53. The van der Waals surface area contributed by atoms with Gasteiger partial charge in [0.1, 0.15) is 0 Å². The van der Waals surface area contributed by atoms with E-state index in [9.17, 15) is 9.59 Å². The largest absolute Gasteiger partial charge is 0.356 e. The molecule has 2 rings (SSSR count). The number of carbonyl (C=O) groups excluding carboxylic acids is 2. The van der Waals surface area contributed by atoms with Crippen LogP contribution in [-0.4, -0.2) is 47.1 Å². The number of aromatic nitrogens is 1. The zero-order chi connectivity index (χ0) is 18.6. The molecule has 1 aromatic rings. The zero-order valence-corrected chi connectivity index (χ0v) is 16.6. The van der Waals surface area contributed by atoms with Crippen molar-refractivity contribution in [1.82, 2.24) is 15.2 Å². The van der Waals surface area contributed by atoms with Crippen LogP contribution in [0.5, 0.6) is 0 Å². The Balaban J connectivity index is 1.67. The van der Waals surface area contributed by atoms with E-state index >= 15 is 0 Å². The number of rotatable bonds is 10. The molecule has 2 amide bonds. The maximum absolute atomic E-state index is 12.4. The summed E-state index contributed by atoms with van der Waals surface area (Å²) in [6.45, 7) is 4.26. The van der Waals surface area contributed by atoms with Gasteiger partial charge in [-0.25, -0.2) is 0 Å². The van der Waals surface area contributed by atoms with Gasteiger partial charge in [0.05, 0.1) is 17.4 Å². The van der Waals surface area contributed by atoms with Gasteiger partial charge < -0.3 is 10.2 Å². The van der Waals surface area contributed by atoms with Gasteiger partial charge in [-0.3, -0.25) is 14.6 Å². The fraction of sp³-hybridized carbons (Fsp3) is 0.650. The third kappa shape index (κ3) is 7.36. The van der Waals surface area contributed by atoms with E-state index in [-0.39, 0.29) is 17.7 Å². The molecule has 1 saturated heterocycles. The Morgan fingerprint density at radius 1 is 1.31 bits per heavy atom. The Morgan fingerprint density at radius 2 is 2.19 bits per heavy atom. The van der Waals surface area contributed by atoms with Crippen LogP contribution in [0.2, 0.25) is 0 Å². The molecule has 1 aliphatic rings. The van der Waals surface area contributed by atoms with Gasteiger partial charge in [0, 0.05) is 31.6 Å². The number of likely N-dealkylation sites (tertiary alicyclic amines) is 1. The van der Waals surface area contributed by atoms with Crippen molar-refractivity contribution in [2.24, 2.45) is 5.92 Å². The molecule has 1 unspecified atom stereocenters.